The molecule has 0 atom stereocenters. The number of carboxylic acids is 1. The van der Waals surface area contributed by atoms with E-state index in [9.17, 15) is 18.0 Å². The second kappa shape index (κ2) is 6.40. The second-order valence-corrected chi connectivity index (χ2v) is 8.16. The van der Waals surface area contributed by atoms with Crippen molar-refractivity contribution in [3.63, 3.8) is 0 Å². The van der Waals surface area contributed by atoms with Gasteiger partial charge in [-0.2, -0.15) is 9.40 Å². The smallest absolute Gasteiger partial charge is 0.410 e. The number of hydrogen-bond donors (Lipinski definition) is 2. The van der Waals surface area contributed by atoms with E-state index in [0.29, 0.717) is 0 Å². The van der Waals surface area contributed by atoms with E-state index >= 15 is 0 Å². The van der Waals surface area contributed by atoms with Crippen LogP contribution in [0.15, 0.2) is 11.2 Å². The van der Waals surface area contributed by atoms with Gasteiger partial charge in [0.2, 0.25) is 0 Å². The molecule has 0 radical (unpaired) electrons. The molecule has 1 saturated heterocycles. The molecular formula is C13H20N4O6S. The van der Waals surface area contributed by atoms with Crippen LogP contribution in [-0.2, 0) is 14.8 Å². The van der Waals surface area contributed by atoms with E-state index < -0.39 is 38.3 Å². The number of sulfonamides is 1. The van der Waals surface area contributed by atoms with E-state index in [4.69, 9.17) is 9.84 Å². The summed E-state index contributed by atoms with van der Waals surface area (Å²) in [6.45, 7) is 5.64. The van der Waals surface area contributed by atoms with Crippen LogP contribution in [0.5, 0.6) is 0 Å². The SMILES string of the molecule is CC(C)(C)OC(=O)N1CCN(S(=O)(=O)c2[nH]ncc2C(=O)O)CC1. The standard InChI is InChI=1S/C13H20N4O6S/c1-13(2,3)23-12(20)16-4-6-17(7-5-16)24(21,22)10-9(11(18)19)8-14-15-10/h8H,4-7H2,1-3H3,(H,14,15)(H,18,19). The first kappa shape index (κ1) is 18.2. The predicted octanol–water partition coefficient (Wildman–Crippen LogP) is 0.349. The molecule has 0 unspecified atom stereocenters. The molecule has 1 aromatic heterocycles. The Balaban J connectivity index is 2.07. The number of nitrogens with one attached hydrogen (secondary N) is 1. The number of carboxylic acid groups (broad SMARTS) is 1. The van der Waals surface area contributed by atoms with Gasteiger partial charge in [-0.1, -0.05) is 0 Å². The molecule has 1 amide bonds. The Morgan fingerprint density at radius 1 is 1.25 bits per heavy atom. The van der Waals surface area contributed by atoms with Gasteiger partial charge in [-0.05, 0) is 20.8 Å². The van der Waals surface area contributed by atoms with Crippen LogP contribution < -0.4 is 0 Å². The zero-order valence-electron chi connectivity index (χ0n) is 13.6. The van der Waals surface area contributed by atoms with Gasteiger partial charge >= 0.3 is 12.1 Å². The first-order chi connectivity index (χ1) is 11.0. The minimum absolute atomic E-state index is 0.0413. The number of amides is 1. The summed E-state index contributed by atoms with van der Waals surface area (Å²) >= 11 is 0. The van der Waals surface area contributed by atoms with Gasteiger partial charge in [0.05, 0.1) is 6.20 Å². The van der Waals surface area contributed by atoms with E-state index in [1.54, 1.807) is 20.8 Å². The fraction of sp³-hybridized carbons (Fsp3) is 0.615. The molecule has 0 bridgehead atoms. The molecule has 134 valence electrons. The van der Waals surface area contributed by atoms with Crippen molar-refractivity contribution in [2.75, 3.05) is 26.2 Å². The fourth-order valence-corrected chi connectivity index (χ4v) is 3.68. The predicted molar refractivity (Wildman–Crippen MR) is 82.1 cm³/mol. The maximum atomic E-state index is 12.5. The Hall–Kier alpha value is -2.14. The molecule has 1 aromatic rings. The Labute approximate surface area is 139 Å². The van der Waals surface area contributed by atoms with Crippen molar-refractivity contribution in [1.82, 2.24) is 19.4 Å². The summed E-state index contributed by atoms with van der Waals surface area (Å²) in [5.74, 6) is -1.38. The van der Waals surface area contributed by atoms with Crippen LogP contribution in [0, 0.1) is 0 Å². The number of H-pyrrole nitrogens is 1. The maximum Gasteiger partial charge on any atom is 0.410 e. The Bertz CT molecular complexity index is 728. The largest absolute Gasteiger partial charge is 0.478 e. The molecule has 2 N–H and O–H groups in total. The summed E-state index contributed by atoms with van der Waals surface area (Å²) in [4.78, 5) is 24.5. The summed E-state index contributed by atoms with van der Waals surface area (Å²) < 4.78 is 31.4. The molecule has 1 aliphatic rings. The summed E-state index contributed by atoms with van der Waals surface area (Å²) in [6.07, 6.45) is 0.443. The minimum Gasteiger partial charge on any atom is -0.478 e. The molecule has 24 heavy (non-hydrogen) atoms. The molecule has 11 heteroatoms. The molecule has 2 heterocycles. The number of carbonyl (C=O) groups is 2. The van der Waals surface area contributed by atoms with Gasteiger partial charge in [0.15, 0.2) is 5.03 Å². The van der Waals surface area contributed by atoms with Crippen molar-refractivity contribution < 1.29 is 27.9 Å². The Morgan fingerprint density at radius 2 is 1.83 bits per heavy atom. The second-order valence-electron chi connectivity index (χ2n) is 6.29. The lowest BCUT2D eigenvalue weighted by atomic mass is 10.2. The highest BCUT2D eigenvalue weighted by atomic mass is 32.2. The number of aromatic carboxylic acids is 1. The number of aromatic amines is 1. The van der Waals surface area contributed by atoms with Gasteiger partial charge in [0.25, 0.3) is 10.0 Å². The minimum atomic E-state index is -4.02. The van der Waals surface area contributed by atoms with Crippen LogP contribution in [-0.4, -0.2) is 76.8 Å². The summed E-state index contributed by atoms with van der Waals surface area (Å²) in [5, 5.41) is 14.3. The number of rotatable bonds is 3. The molecule has 10 nitrogen and oxygen atoms in total. The van der Waals surface area contributed by atoms with Crippen LogP contribution in [0.25, 0.3) is 0 Å². The van der Waals surface area contributed by atoms with Gasteiger partial charge in [-0.25, -0.2) is 18.0 Å². The van der Waals surface area contributed by atoms with E-state index in [1.807, 2.05) is 0 Å². The highest BCUT2D eigenvalue weighted by Crippen LogP contribution is 2.20. The van der Waals surface area contributed by atoms with Crippen molar-refractivity contribution in [3.8, 4) is 0 Å². The van der Waals surface area contributed by atoms with Crippen LogP contribution in [0.2, 0.25) is 0 Å². The Kier molecular flexibility index (Phi) is 4.85. The van der Waals surface area contributed by atoms with Crippen molar-refractivity contribution in [2.45, 2.75) is 31.4 Å². The first-order valence-corrected chi connectivity index (χ1v) is 8.71. The van der Waals surface area contributed by atoms with Gasteiger partial charge < -0.3 is 14.7 Å². The summed E-state index contributed by atoms with van der Waals surface area (Å²) in [6, 6.07) is 0. The first-order valence-electron chi connectivity index (χ1n) is 7.27. The topological polar surface area (TPSA) is 133 Å². The third-order valence-electron chi connectivity index (χ3n) is 3.32. The van der Waals surface area contributed by atoms with E-state index in [-0.39, 0.29) is 26.2 Å². The summed E-state index contributed by atoms with van der Waals surface area (Å²) in [5.41, 5.74) is -1.04. The number of nitrogens with zero attached hydrogens (tertiary/aromatic N) is 3. The molecule has 2 rings (SSSR count). The quantitative estimate of drug-likeness (QED) is 0.794. The van der Waals surface area contributed by atoms with E-state index in [2.05, 4.69) is 10.2 Å². The van der Waals surface area contributed by atoms with Crippen LogP contribution in [0.3, 0.4) is 0 Å². The van der Waals surface area contributed by atoms with Crippen molar-refractivity contribution in [2.24, 2.45) is 0 Å². The molecule has 0 spiro atoms. The van der Waals surface area contributed by atoms with Gasteiger partial charge in [-0.15, -0.1) is 0 Å². The van der Waals surface area contributed by atoms with Crippen molar-refractivity contribution >= 4 is 22.1 Å². The van der Waals surface area contributed by atoms with Crippen LogP contribution in [0.1, 0.15) is 31.1 Å². The highest BCUT2D eigenvalue weighted by molar-refractivity contribution is 7.89. The van der Waals surface area contributed by atoms with Crippen LogP contribution in [0.4, 0.5) is 4.79 Å². The lowest BCUT2D eigenvalue weighted by Gasteiger charge is -2.34. The highest BCUT2D eigenvalue weighted by Gasteiger charge is 2.35. The normalized spacial score (nSPS) is 16.9. The molecular weight excluding hydrogens is 340 g/mol. The lowest BCUT2D eigenvalue weighted by Crippen LogP contribution is -2.51. The lowest BCUT2D eigenvalue weighted by molar-refractivity contribution is 0.0192. The zero-order valence-corrected chi connectivity index (χ0v) is 14.5. The number of aromatic nitrogens is 2. The van der Waals surface area contributed by atoms with Crippen molar-refractivity contribution in [1.29, 1.82) is 0 Å². The maximum absolute atomic E-state index is 12.5. The number of carbonyl (C=O) groups excluding carboxylic acids is 1. The summed E-state index contributed by atoms with van der Waals surface area (Å²) in [7, 11) is -4.02. The number of ether oxygens (including phenoxy) is 1. The number of hydrogen-bond acceptors (Lipinski definition) is 6. The average molecular weight is 360 g/mol. The van der Waals surface area contributed by atoms with Gasteiger partial charge in [-0.3, -0.25) is 5.10 Å². The molecule has 0 saturated carbocycles. The molecule has 1 fully saturated rings. The third-order valence-corrected chi connectivity index (χ3v) is 5.20. The average Bonchev–Trinajstić information content (AvgIpc) is 2.96. The van der Waals surface area contributed by atoms with Crippen molar-refractivity contribution in [3.05, 3.63) is 11.8 Å². The molecule has 1 aliphatic heterocycles. The van der Waals surface area contributed by atoms with Crippen LogP contribution >= 0.6 is 0 Å². The third kappa shape index (κ3) is 3.85. The van der Waals surface area contributed by atoms with E-state index in [1.165, 1.54) is 4.90 Å². The number of piperazine rings is 1. The fourth-order valence-electron chi connectivity index (χ4n) is 2.19. The molecule has 0 aliphatic carbocycles. The van der Waals surface area contributed by atoms with Gasteiger partial charge in [0.1, 0.15) is 11.2 Å². The Morgan fingerprint density at radius 3 is 2.33 bits per heavy atom. The monoisotopic (exact) mass is 360 g/mol. The molecule has 0 aromatic carbocycles. The zero-order chi connectivity index (χ0) is 18.1. The van der Waals surface area contributed by atoms with E-state index in [0.717, 1.165) is 10.5 Å². The van der Waals surface area contributed by atoms with Gasteiger partial charge in [0, 0.05) is 26.2 Å².